The molecular formula is C14H15BrClN3. The van der Waals surface area contributed by atoms with Gasteiger partial charge in [-0.25, -0.2) is 9.97 Å². The highest BCUT2D eigenvalue weighted by atomic mass is 79.9. The van der Waals surface area contributed by atoms with Crippen molar-refractivity contribution in [2.24, 2.45) is 0 Å². The minimum absolute atomic E-state index is 0.410. The summed E-state index contributed by atoms with van der Waals surface area (Å²) in [5, 5.41) is 3.65. The third-order valence-electron chi connectivity index (χ3n) is 2.85. The topological polar surface area (TPSA) is 37.8 Å². The number of rotatable bonds is 4. The van der Waals surface area contributed by atoms with Gasteiger partial charge in [-0.1, -0.05) is 49.7 Å². The van der Waals surface area contributed by atoms with E-state index < -0.39 is 0 Å². The van der Waals surface area contributed by atoms with Crippen molar-refractivity contribution in [3.05, 3.63) is 51.3 Å². The lowest BCUT2D eigenvalue weighted by Crippen LogP contribution is -2.03. The molecule has 3 nitrogen and oxygen atoms in total. The van der Waals surface area contributed by atoms with E-state index in [1.807, 2.05) is 0 Å². The summed E-state index contributed by atoms with van der Waals surface area (Å²) >= 11 is 9.28. The van der Waals surface area contributed by atoms with Crippen molar-refractivity contribution in [3.8, 4) is 0 Å². The van der Waals surface area contributed by atoms with Gasteiger partial charge in [-0.05, 0) is 33.0 Å². The summed E-state index contributed by atoms with van der Waals surface area (Å²) < 4.78 is 0.690. The van der Waals surface area contributed by atoms with Crippen LogP contribution in [0.15, 0.2) is 35.1 Å². The Labute approximate surface area is 126 Å². The molecule has 0 fully saturated rings. The van der Waals surface area contributed by atoms with Gasteiger partial charge in [0.1, 0.15) is 17.3 Å². The van der Waals surface area contributed by atoms with E-state index in [2.05, 4.69) is 69.3 Å². The van der Waals surface area contributed by atoms with Crippen LogP contribution in [0.25, 0.3) is 0 Å². The predicted octanol–water partition coefficient (Wildman–Crippen LogP) is 4.63. The Morgan fingerprint density at radius 3 is 2.53 bits per heavy atom. The van der Waals surface area contributed by atoms with Gasteiger partial charge in [-0.15, -0.1) is 0 Å². The van der Waals surface area contributed by atoms with Gasteiger partial charge < -0.3 is 5.32 Å². The fourth-order valence-electron chi connectivity index (χ4n) is 1.68. The van der Waals surface area contributed by atoms with Crippen LogP contribution in [0.5, 0.6) is 0 Å². The van der Waals surface area contributed by atoms with Crippen molar-refractivity contribution >= 4 is 33.3 Å². The third kappa shape index (κ3) is 3.67. The van der Waals surface area contributed by atoms with Gasteiger partial charge >= 0.3 is 0 Å². The molecule has 100 valence electrons. The maximum Gasteiger partial charge on any atom is 0.148 e. The van der Waals surface area contributed by atoms with Crippen molar-refractivity contribution in [1.82, 2.24) is 9.97 Å². The molecule has 0 spiro atoms. The van der Waals surface area contributed by atoms with E-state index in [-0.39, 0.29) is 0 Å². The second-order valence-electron chi connectivity index (χ2n) is 4.58. The van der Waals surface area contributed by atoms with Crippen molar-refractivity contribution in [3.63, 3.8) is 0 Å². The maximum atomic E-state index is 5.91. The summed E-state index contributed by atoms with van der Waals surface area (Å²) in [5.41, 5.74) is 2.54. The van der Waals surface area contributed by atoms with Crippen LogP contribution in [-0.2, 0) is 6.54 Å². The largest absolute Gasteiger partial charge is 0.365 e. The molecule has 1 aromatic carbocycles. The van der Waals surface area contributed by atoms with Crippen molar-refractivity contribution < 1.29 is 0 Å². The molecule has 0 aliphatic rings. The number of anilines is 1. The fourth-order valence-corrected chi connectivity index (χ4v) is 2.16. The zero-order chi connectivity index (χ0) is 13.8. The molecule has 1 N–H and O–H groups in total. The lowest BCUT2D eigenvalue weighted by atomic mass is 10.0. The van der Waals surface area contributed by atoms with Crippen molar-refractivity contribution in [1.29, 1.82) is 0 Å². The summed E-state index contributed by atoms with van der Waals surface area (Å²) in [6, 6.07) is 8.56. The van der Waals surface area contributed by atoms with Gasteiger partial charge in [0.2, 0.25) is 0 Å². The molecule has 1 aromatic heterocycles. The zero-order valence-electron chi connectivity index (χ0n) is 10.8. The van der Waals surface area contributed by atoms with E-state index in [1.54, 1.807) is 0 Å². The second kappa shape index (κ2) is 6.35. The molecule has 2 aromatic rings. The predicted molar refractivity (Wildman–Crippen MR) is 82.6 cm³/mol. The summed E-state index contributed by atoms with van der Waals surface area (Å²) in [6.45, 7) is 5.07. The Hall–Kier alpha value is -1.13. The van der Waals surface area contributed by atoms with Gasteiger partial charge in [-0.2, -0.15) is 0 Å². The number of nitrogens with one attached hydrogen (secondary N) is 1. The molecule has 0 radical (unpaired) electrons. The molecule has 0 saturated heterocycles. The van der Waals surface area contributed by atoms with Crippen LogP contribution in [0, 0.1) is 0 Å². The fraction of sp³-hybridized carbons (Fsp3) is 0.286. The molecule has 0 unspecified atom stereocenters. The zero-order valence-corrected chi connectivity index (χ0v) is 13.2. The van der Waals surface area contributed by atoms with E-state index in [4.69, 9.17) is 11.6 Å². The van der Waals surface area contributed by atoms with Crippen molar-refractivity contribution in [2.45, 2.75) is 26.3 Å². The summed E-state index contributed by atoms with van der Waals surface area (Å²) in [7, 11) is 0. The Bertz CT molecular complexity index is 555. The Morgan fingerprint density at radius 2 is 1.89 bits per heavy atom. The first kappa shape index (κ1) is 14.3. The highest BCUT2D eigenvalue weighted by Gasteiger charge is 2.06. The van der Waals surface area contributed by atoms with Gasteiger partial charge in [0.05, 0.1) is 4.47 Å². The molecule has 0 bridgehead atoms. The molecule has 5 heteroatoms. The van der Waals surface area contributed by atoms with Gasteiger partial charge in [0.25, 0.3) is 0 Å². The number of hydrogen-bond donors (Lipinski definition) is 1. The molecule has 19 heavy (non-hydrogen) atoms. The summed E-state index contributed by atoms with van der Waals surface area (Å²) in [6.07, 6.45) is 1.44. The first-order chi connectivity index (χ1) is 9.08. The van der Waals surface area contributed by atoms with Gasteiger partial charge in [0.15, 0.2) is 0 Å². The first-order valence-electron chi connectivity index (χ1n) is 6.06. The van der Waals surface area contributed by atoms with Gasteiger partial charge in [-0.3, -0.25) is 0 Å². The van der Waals surface area contributed by atoms with Crippen molar-refractivity contribution in [2.75, 3.05) is 5.32 Å². The monoisotopic (exact) mass is 339 g/mol. The number of aromatic nitrogens is 2. The van der Waals surface area contributed by atoms with E-state index >= 15 is 0 Å². The quantitative estimate of drug-likeness (QED) is 0.825. The highest BCUT2D eigenvalue weighted by molar-refractivity contribution is 9.10. The lowest BCUT2D eigenvalue weighted by molar-refractivity contribution is 0.865. The molecular weight excluding hydrogens is 326 g/mol. The smallest absolute Gasteiger partial charge is 0.148 e. The minimum Gasteiger partial charge on any atom is -0.365 e. The molecule has 0 aliphatic carbocycles. The van der Waals surface area contributed by atoms with E-state index in [0.717, 1.165) is 0 Å². The molecule has 0 aliphatic heterocycles. The number of halogens is 2. The van der Waals surface area contributed by atoms with Crippen LogP contribution < -0.4 is 5.32 Å². The summed E-state index contributed by atoms with van der Waals surface area (Å²) in [5.74, 6) is 1.25. The van der Waals surface area contributed by atoms with Crippen LogP contribution in [0.4, 0.5) is 5.82 Å². The molecule has 0 amide bonds. The second-order valence-corrected chi connectivity index (χ2v) is 5.73. The Morgan fingerprint density at radius 1 is 1.21 bits per heavy atom. The lowest BCUT2D eigenvalue weighted by Gasteiger charge is -2.09. The SMILES string of the molecule is CC(C)c1ccc(CNc2ncnc(Cl)c2Br)cc1. The van der Waals surface area contributed by atoms with E-state index in [9.17, 15) is 0 Å². The molecule has 0 saturated carbocycles. The van der Waals surface area contributed by atoms with Crippen LogP contribution in [0.3, 0.4) is 0 Å². The van der Waals surface area contributed by atoms with E-state index in [0.29, 0.717) is 27.9 Å². The maximum absolute atomic E-state index is 5.91. The Balaban J connectivity index is 2.04. The van der Waals surface area contributed by atoms with Crippen LogP contribution in [-0.4, -0.2) is 9.97 Å². The minimum atomic E-state index is 0.410. The summed E-state index contributed by atoms with van der Waals surface area (Å²) in [4.78, 5) is 8.04. The van der Waals surface area contributed by atoms with E-state index in [1.165, 1.54) is 17.5 Å². The average Bonchev–Trinajstić information content (AvgIpc) is 2.41. The molecule has 1 heterocycles. The van der Waals surface area contributed by atoms with Crippen LogP contribution in [0.2, 0.25) is 5.15 Å². The number of benzene rings is 1. The number of nitrogens with zero attached hydrogens (tertiary/aromatic N) is 2. The average molecular weight is 341 g/mol. The first-order valence-corrected chi connectivity index (χ1v) is 7.23. The standard InChI is InChI=1S/C14H15BrClN3/c1-9(2)11-5-3-10(4-6-11)7-17-14-12(15)13(16)18-8-19-14/h3-6,8-9H,7H2,1-2H3,(H,17,18,19). The Kier molecular flexibility index (Phi) is 4.77. The number of hydrogen-bond acceptors (Lipinski definition) is 3. The highest BCUT2D eigenvalue weighted by Crippen LogP contribution is 2.26. The molecule has 0 atom stereocenters. The van der Waals surface area contributed by atoms with Crippen LogP contribution in [0.1, 0.15) is 30.9 Å². The van der Waals surface area contributed by atoms with Crippen LogP contribution >= 0.6 is 27.5 Å². The van der Waals surface area contributed by atoms with Gasteiger partial charge in [0, 0.05) is 6.54 Å². The molecule has 2 rings (SSSR count). The normalized spacial score (nSPS) is 10.8. The third-order valence-corrected chi connectivity index (χ3v) is 4.12.